The van der Waals surface area contributed by atoms with Crippen LogP contribution in [0.15, 0.2) is 130 Å². The summed E-state index contributed by atoms with van der Waals surface area (Å²) >= 11 is 0. The van der Waals surface area contributed by atoms with Crippen LogP contribution in [0.5, 0.6) is 0 Å². The second kappa shape index (κ2) is 12.4. The molecule has 0 amide bonds. The van der Waals surface area contributed by atoms with Gasteiger partial charge in [-0.2, -0.15) is 0 Å². The summed E-state index contributed by atoms with van der Waals surface area (Å²) in [5.41, 5.74) is 16.5. The van der Waals surface area contributed by atoms with Crippen molar-refractivity contribution in [3.8, 4) is 39.9 Å². The van der Waals surface area contributed by atoms with Crippen molar-refractivity contribution in [2.24, 2.45) is 0 Å². The van der Waals surface area contributed by atoms with E-state index in [0.717, 1.165) is 93.7 Å². The van der Waals surface area contributed by atoms with Gasteiger partial charge < -0.3 is 13.4 Å². The molecule has 0 fully saturated rings. The molecule has 0 radical (unpaired) electrons. The van der Waals surface area contributed by atoms with Crippen molar-refractivity contribution < 1.29 is 8.83 Å². The highest BCUT2D eigenvalue weighted by atomic mass is 16.3. The lowest BCUT2D eigenvalue weighted by molar-refractivity contribution is 0.669. The number of para-hydroxylation sites is 3. The van der Waals surface area contributed by atoms with Gasteiger partial charge in [-0.1, -0.05) is 118 Å². The average Bonchev–Trinajstić information content (AvgIpc) is 3.93. The maximum absolute atomic E-state index is 7.25. The van der Waals surface area contributed by atoms with Crippen LogP contribution in [0.25, 0.3) is 106 Å². The number of rotatable bonds is 4. The molecular formula is C45H32B6N4O2. The van der Waals surface area contributed by atoms with Gasteiger partial charge in [0, 0.05) is 49.0 Å². The van der Waals surface area contributed by atoms with E-state index in [1.807, 2.05) is 54.6 Å². The number of hydrogen-bond acceptors (Lipinski definition) is 5. The highest BCUT2D eigenvalue weighted by Crippen LogP contribution is 2.37. The maximum atomic E-state index is 7.25. The summed E-state index contributed by atoms with van der Waals surface area (Å²) in [5.74, 6) is 1.80. The van der Waals surface area contributed by atoms with Crippen molar-refractivity contribution in [1.82, 2.24) is 19.5 Å². The molecule has 0 bridgehead atoms. The molecule has 57 heavy (non-hydrogen) atoms. The zero-order chi connectivity index (χ0) is 38.7. The minimum Gasteiger partial charge on any atom is -0.456 e. The van der Waals surface area contributed by atoms with E-state index in [0.29, 0.717) is 17.5 Å². The normalized spacial score (nSPS) is 11.9. The molecule has 6 nitrogen and oxygen atoms in total. The van der Waals surface area contributed by atoms with Crippen molar-refractivity contribution in [3.63, 3.8) is 0 Å². The van der Waals surface area contributed by atoms with E-state index in [1.165, 1.54) is 27.2 Å². The first-order valence-corrected chi connectivity index (χ1v) is 19.5. The zero-order valence-electron chi connectivity index (χ0n) is 32.7. The fraction of sp³-hybridized carbons (Fsp3) is 0. The predicted molar refractivity (Wildman–Crippen MR) is 254 cm³/mol. The van der Waals surface area contributed by atoms with E-state index in [2.05, 4.69) is 118 Å². The van der Waals surface area contributed by atoms with Gasteiger partial charge in [-0.3, -0.25) is 0 Å². The number of hydrogen-bond donors (Lipinski definition) is 0. The number of benzene rings is 7. The van der Waals surface area contributed by atoms with E-state index in [9.17, 15) is 0 Å². The minimum atomic E-state index is 0.582. The first-order chi connectivity index (χ1) is 27.8. The molecule has 0 aliphatic rings. The third-order valence-corrected chi connectivity index (χ3v) is 12.3. The van der Waals surface area contributed by atoms with Crippen LogP contribution in [0.2, 0.25) is 0 Å². The molecular weight excluding hydrogens is 693 g/mol. The van der Waals surface area contributed by atoms with Crippen LogP contribution in [0, 0.1) is 0 Å². The summed E-state index contributed by atoms with van der Waals surface area (Å²) < 4.78 is 16.0. The van der Waals surface area contributed by atoms with Crippen molar-refractivity contribution in [2.75, 3.05) is 0 Å². The number of fused-ring (bicyclic) bond motifs is 9. The Kier molecular flexibility index (Phi) is 7.34. The number of furan rings is 2. The Morgan fingerprint density at radius 3 is 1.68 bits per heavy atom. The van der Waals surface area contributed by atoms with Gasteiger partial charge in [0.05, 0.1) is 16.7 Å². The smallest absolute Gasteiger partial charge is 0.164 e. The average molecular weight is 726 g/mol. The largest absolute Gasteiger partial charge is 0.456 e. The fourth-order valence-corrected chi connectivity index (χ4v) is 9.13. The Bertz CT molecular complexity index is 3450. The van der Waals surface area contributed by atoms with Crippen LogP contribution in [0.3, 0.4) is 0 Å². The molecule has 0 atom stereocenters. The highest BCUT2D eigenvalue weighted by Gasteiger charge is 2.27. The molecule has 0 N–H and O–H groups in total. The SMILES string of the molecule is Bc1c(B)c(B)c2c(oc3c(B)c(-c4nc(-c5ccccc5)nc(-c5ccc6c(c5)oc5ccccc56)n4)c(B)c(B)c32)c1-n1c2ccccc2c2ccccc21. The van der Waals surface area contributed by atoms with Gasteiger partial charge in [0.1, 0.15) is 63.8 Å². The quantitative estimate of drug-likeness (QED) is 0.257. The summed E-state index contributed by atoms with van der Waals surface area (Å²) in [7, 11) is 13.2. The summed E-state index contributed by atoms with van der Waals surface area (Å²) in [4.78, 5) is 15.5. The van der Waals surface area contributed by atoms with Gasteiger partial charge in [0.15, 0.2) is 23.1 Å². The van der Waals surface area contributed by atoms with E-state index >= 15 is 0 Å². The van der Waals surface area contributed by atoms with Gasteiger partial charge in [0.2, 0.25) is 0 Å². The third-order valence-electron chi connectivity index (χ3n) is 12.3. The monoisotopic (exact) mass is 726 g/mol. The molecule has 11 aromatic rings. The van der Waals surface area contributed by atoms with Crippen LogP contribution in [0.4, 0.5) is 0 Å². The summed E-state index contributed by atoms with van der Waals surface area (Å²) in [6.45, 7) is 0. The molecule has 0 unspecified atom stereocenters. The van der Waals surface area contributed by atoms with E-state index in [-0.39, 0.29) is 0 Å². The Labute approximate surface area is 333 Å². The predicted octanol–water partition coefficient (Wildman–Crippen LogP) is 1.32. The Morgan fingerprint density at radius 1 is 0.404 bits per heavy atom. The van der Waals surface area contributed by atoms with Crippen molar-refractivity contribution in [3.05, 3.63) is 121 Å². The molecule has 11 rings (SSSR count). The molecule has 7 aromatic carbocycles. The van der Waals surface area contributed by atoms with Crippen molar-refractivity contribution in [2.45, 2.75) is 0 Å². The molecule has 0 aliphatic heterocycles. The zero-order valence-corrected chi connectivity index (χ0v) is 32.7. The van der Waals surface area contributed by atoms with Crippen LogP contribution in [-0.2, 0) is 0 Å². The van der Waals surface area contributed by atoms with Crippen molar-refractivity contribution in [1.29, 1.82) is 0 Å². The summed E-state index contributed by atoms with van der Waals surface area (Å²) in [5, 5.41) is 6.88. The first-order valence-electron chi connectivity index (χ1n) is 19.5. The lowest BCUT2D eigenvalue weighted by Crippen LogP contribution is -2.42. The molecule has 0 saturated carbocycles. The molecule has 4 aromatic heterocycles. The van der Waals surface area contributed by atoms with Gasteiger partial charge in [-0.05, 0) is 35.8 Å². The highest BCUT2D eigenvalue weighted by molar-refractivity contribution is 6.65. The Balaban J connectivity index is 1.19. The topological polar surface area (TPSA) is 69.9 Å². The molecule has 12 heteroatoms. The molecule has 0 saturated heterocycles. The lowest BCUT2D eigenvalue weighted by Gasteiger charge is -2.18. The summed E-state index contributed by atoms with van der Waals surface area (Å²) in [6, 6.07) is 41.8. The van der Waals surface area contributed by atoms with Gasteiger partial charge in [0.25, 0.3) is 0 Å². The standard InChI is InChI=1S/C45H32B6N4O2/c46-34-31-32-35(47)38(50)39(51)40(55-27-15-7-4-12-23(27)24-13-5-8-16-28(24)55)42(32)57-41(31)37(49)33(36(34)48)45-53-43(21-10-2-1-3-11-21)52-44(54-45)22-18-19-26-25-14-6-9-17-29(25)56-30(26)20-22/h1-20H,46-51H2. The second-order valence-corrected chi connectivity index (χ2v) is 15.3. The Hall–Kier alpha value is -6.66. The third kappa shape index (κ3) is 4.83. The Morgan fingerprint density at radius 2 is 0.965 bits per heavy atom. The number of nitrogens with zero attached hydrogens (tertiary/aromatic N) is 4. The van der Waals surface area contributed by atoms with Gasteiger partial charge in [-0.25, -0.2) is 15.0 Å². The molecule has 262 valence electrons. The van der Waals surface area contributed by atoms with Gasteiger partial charge in [-0.15, -0.1) is 0 Å². The van der Waals surface area contributed by atoms with Crippen LogP contribution in [0.1, 0.15) is 0 Å². The minimum absolute atomic E-state index is 0.582. The van der Waals surface area contributed by atoms with Crippen LogP contribution >= 0.6 is 0 Å². The fourth-order valence-electron chi connectivity index (χ4n) is 9.13. The molecule has 0 aliphatic carbocycles. The van der Waals surface area contributed by atoms with E-state index < -0.39 is 0 Å². The van der Waals surface area contributed by atoms with Crippen LogP contribution in [-0.4, -0.2) is 66.6 Å². The lowest BCUT2D eigenvalue weighted by atomic mass is 9.67. The van der Waals surface area contributed by atoms with E-state index in [4.69, 9.17) is 23.8 Å². The second-order valence-electron chi connectivity index (χ2n) is 15.3. The maximum Gasteiger partial charge on any atom is 0.164 e. The first kappa shape index (κ1) is 33.7. The van der Waals surface area contributed by atoms with Crippen LogP contribution < -0.4 is 32.8 Å². The number of aromatic nitrogens is 4. The molecule has 0 spiro atoms. The van der Waals surface area contributed by atoms with E-state index in [1.54, 1.807) is 0 Å². The summed E-state index contributed by atoms with van der Waals surface area (Å²) in [6.07, 6.45) is 0. The molecule has 4 heterocycles. The van der Waals surface area contributed by atoms with Crippen molar-refractivity contribution >= 4 is 146 Å². The van der Waals surface area contributed by atoms with Gasteiger partial charge >= 0.3 is 0 Å².